The average Bonchev–Trinajstić information content (AvgIpc) is 2.63. The maximum Gasteiger partial charge on any atom is 0.310 e. The van der Waals surface area contributed by atoms with Crippen molar-refractivity contribution < 1.29 is 15.0 Å². The number of likely N-dealkylation sites (tertiary alicyclic amines) is 1. The van der Waals surface area contributed by atoms with Crippen molar-refractivity contribution in [3.8, 4) is 0 Å². The van der Waals surface area contributed by atoms with E-state index in [0.717, 1.165) is 57.3 Å². The van der Waals surface area contributed by atoms with E-state index in [1.807, 2.05) is 18.2 Å². The summed E-state index contributed by atoms with van der Waals surface area (Å²) in [5, 5.41) is 19.8. The van der Waals surface area contributed by atoms with Crippen LogP contribution in [-0.4, -0.2) is 84.4 Å². The number of benzene rings is 1. The van der Waals surface area contributed by atoms with Crippen molar-refractivity contribution in [1.29, 1.82) is 0 Å². The Hall–Kier alpha value is -1.34. The molecule has 2 saturated heterocycles. The summed E-state index contributed by atoms with van der Waals surface area (Å²) >= 11 is 6.08. The van der Waals surface area contributed by atoms with Crippen LogP contribution in [-0.2, 0) is 4.79 Å². The highest BCUT2D eigenvalue weighted by atomic mass is 35.5. The SMILES string of the molecule is O=C(O)[C@H]1CN(CCCN2CCN(c3cccc(Cl)c3)CC2)CC[C@H]1O. The summed E-state index contributed by atoms with van der Waals surface area (Å²) in [7, 11) is 0. The van der Waals surface area contributed by atoms with Gasteiger partial charge in [0.05, 0.1) is 12.0 Å². The number of anilines is 1. The van der Waals surface area contributed by atoms with E-state index in [1.54, 1.807) is 0 Å². The Morgan fingerprint density at radius 1 is 1.12 bits per heavy atom. The quantitative estimate of drug-likeness (QED) is 0.780. The summed E-state index contributed by atoms with van der Waals surface area (Å²) in [5.41, 5.74) is 1.18. The first-order chi connectivity index (χ1) is 12.5. The Kier molecular flexibility index (Phi) is 6.75. The Morgan fingerprint density at radius 2 is 1.85 bits per heavy atom. The van der Waals surface area contributed by atoms with Crippen molar-refractivity contribution in [2.75, 3.05) is 57.3 Å². The summed E-state index contributed by atoms with van der Waals surface area (Å²) < 4.78 is 0. The number of carboxylic acid groups (broad SMARTS) is 1. The van der Waals surface area contributed by atoms with Gasteiger partial charge in [-0.25, -0.2) is 0 Å². The van der Waals surface area contributed by atoms with Crippen LogP contribution in [0.3, 0.4) is 0 Å². The number of carboxylic acids is 1. The van der Waals surface area contributed by atoms with E-state index < -0.39 is 18.0 Å². The van der Waals surface area contributed by atoms with Gasteiger partial charge in [0.25, 0.3) is 0 Å². The van der Waals surface area contributed by atoms with Gasteiger partial charge in [0.2, 0.25) is 0 Å². The smallest absolute Gasteiger partial charge is 0.310 e. The molecule has 1 aromatic carbocycles. The van der Waals surface area contributed by atoms with Gasteiger partial charge in [-0.15, -0.1) is 0 Å². The van der Waals surface area contributed by atoms with Crippen molar-refractivity contribution in [2.45, 2.75) is 18.9 Å². The number of rotatable bonds is 6. The molecular weight excluding hydrogens is 354 g/mol. The molecule has 2 fully saturated rings. The minimum absolute atomic E-state index is 0.457. The lowest BCUT2D eigenvalue weighted by Gasteiger charge is -2.37. The second-order valence-electron chi connectivity index (χ2n) is 7.26. The van der Waals surface area contributed by atoms with Crippen molar-refractivity contribution in [3.05, 3.63) is 29.3 Å². The number of nitrogens with zero attached hydrogens (tertiary/aromatic N) is 3. The lowest BCUT2D eigenvalue weighted by Crippen LogP contribution is -2.48. The number of piperidine rings is 1. The summed E-state index contributed by atoms with van der Waals surface area (Å²) in [6.45, 7) is 7.22. The van der Waals surface area contributed by atoms with E-state index >= 15 is 0 Å². The molecule has 0 unspecified atom stereocenters. The number of carbonyl (C=O) groups is 1. The van der Waals surface area contributed by atoms with Crippen molar-refractivity contribution in [2.24, 2.45) is 5.92 Å². The topological polar surface area (TPSA) is 67.2 Å². The third kappa shape index (κ3) is 5.10. The zero-order chi connectivity index (χ0) is 18.5. The number of piperazine rings is 1. The number of aliphatic carboxylic acids is 1. The van der Waals surface area contributed by atoms with Crippen LogP contribution in [0.25, 0.3) is 0 Å². The van der Waals surface area contributed by atoms with E-state index in [-0.39, 0.29) is 0 Å². The Morgan fingerprint density at radius 3 is 2.54 bits per heavy atom. The minimum Gasteiger partial charge on any atom is -0.481 e. The molecule has 2 aliphatic heterocycles. The van der Waals surface area contributed by atoms with Gasteiger partial charge in [-0.2, -0.15) is 0 Å². The monoisotopic (exact) mass is 381 g/mol. The predicted octanol–water partition coefficient (Wildman–Crippen LogP) is 1.62. The molecule has 6 nitrogen and oxygen atoms in total. The van der Waals surface area contributed by atoms with E-state index in [9.17, 15) is 15.0 Å². The molecule has 0 radical (unpaired) electrons. The van der Waals surface area contributed by atoms with Gasteiger partial charge in [-0.05, 0) is 44.1 Å². The maximum absolute atomic E-state index is 11.2. The van der Waals surface area contributed by atoms with Crippen molar-refractivity contribution >= 4 is 23.3 Å². The van der Waals surface area contributed by atoms with Gasteiger partial charge in [-0.1, -0.05) is 17.7 Å². The lowest BCUT2D eigenvalue weighted by molar-refractivity contribution is -0.148. The Labute approximate surface area is 159 Å². The molecular formula is C19H28ClN3O3. The molecule has 1 aromatic rings. The molecule has 0 aromatic heterocycles. The van der Waals surface area contributed by atoms with Crippen molar-refractivity contribution in [1.82, 2.24) is 9.80 Å². The summed E-state index contributed by atoms with van der Waals surface area (Å²) in [6.07, 6.45) is 0.873. The van der Waals surface area contributed by atoms with Crippen LogP contribution in [0, 0.1) is 5.92 Å². The molecule has 144 valence electrons. The second kappa shape index (κ2) is 9.04. The highest BCUT2D eigenvalue weighted by molar-refractivity contribution is 6.30. The van der Waals surface area contributed by atoms with E-state index in [0.29, 0.717) is 13.0 Å². The number of hydrogen-bond donors (Lipinski definition) is 2. The molecule has 0 amide bonds. The molecule has 3 rings (SSSR count). The zero-order valence-electron chi connectivity index (χ0n) is 15.1. The molecule has 0 aliphatic carbocycles. The standard InChI is InChI=1S/C19H28ClN3O3/c20-15-3-1-4-16(13-15)23-11-9-21(10-12-23)6-2-7-22-8-5-18(24)17(14-22)19(25)26/h1,3-4,13,17-18,24H,2,5-12,14H2,(H,25,26)/t17-,18+/m0/s1. The van der Waals surface area contributed by atoms with Gasteiger partial charge in [0.15, 0.2) is 0 Å². The summed E-state index contributed by atoms with van der Waals surface area (Å²) in [6, 6.07) is 8.01. The molecule has 2 atom stereocenters. The van der Waals surface area contributed by atoms with Crippen LogP contribution in [0.5, 0.6) is 0 Å². The van der Waals surface area contributed by atoms with Crippen LogP contribution in [0.1, 0.15) is 12.8 Å². The van der Waals surface area contributed by atoms with Crippen LogP contribution in [0.4, 0.5) is 5.69 Å². The fourth-order valence-corrected chi connectivity index (χ4v) is 4.06. The van der Waals surface area contributed by atoms with Crippen molar-refractivity contribution in [3.63, 3.8) is 0 Å². The molecule has 0 saturated carbocycles. The largest absolute Gasteiger partial charge is 0.481 e. The number of aliphatic hydroxyl groups excluding tert-OH is 1. The highest BCUT2D eigenvalue weighted by Gasteiger charge is 2.32. The van der Waals surface area contributed by atoms with E-state index in [4.69, 9.17) is 11.6 Å². The molecule has 2 aliphatic rings. The third-order valence-corrected chi connectivity index (χ3v) is 5.71. The number of aliphatic hydroxyl groups is 1. The fourth-order valence-electron chi connectivity index (χ4n) is 3.87. The molecule has 26 heavy (non-hydrogen) atoms. The predicted molar refractivity (Wildman–Crippen MR) is 103 cm³/mol. The third-order valence-electron chi connectivity index (χ3n) is 5.47. The lowest BCUT2D eigenvalue weighted by atomic mass is 9.95. The minimum atomic E-state index is -0.890. The van der Waals surface area contributed by atoms with Crippen LogP contribution >= 0.6 is 11.6 Å². The first-order valence-corrected chi connectivity index (χ1v) is 9.77. The average molecular weight is 382 g/mol. The Bertz CT molecular complexity index is 607. The Balaban J connectivity index is 1.37. The maximum atomic E-state index is 11.2. The highest BCUT2D eigenvalue weighted by Crippen LogP contribution is 2.21. The van der Waals surface area contributed by atoms with Crippen LogP contribution < -0.4 is 4.90 Å². The second-order valence-corrected chi connectivity index (χ2v) is 7.70. The summed E-state index contributed by atoms with van der Waals surface area (Å²) in [5.74, 6) is -1.54. The molecule has 2 N–H and O–H groups in total. The number of hydrogen-bond acceptors (Lipinski definition) is 5. The van der Waals surface area contributed by atoms with Gasteiger partial charge in [0, 0.05) is 50.0 Å². The van der Waals surface area contributed by atoms with Gasteiger partial charge in [-0.3, -0.25) is 9.69 Å². The van der Waals surface area contributed by atoms with Crippen LogP contribution in [0.2, 0.25) is 5.02 Å². The molecule has 2 heterocycles. The zero-order valence-corrected chi connectivity index (χ0v) is 15.8. The van der Waals surface area contributed by atoms with E-state index in [1.165, 1.54) is 5.69 Å². The first-order valence-electron chi connectivity index (χ1n) is 9.39. The van der Waals surface area contributed by atoms with Gasteiger partial charge >= 0.3 is 5.97 Å². The van der Waals surface area contributed by atoms with Crippen LogP contribution in [0.15, 0.2) is 24.3 Å². The van der Waals surface area contributed by atoms with Gasteiger partial charge < -0.3 is 20.0 Å². The number of halogens is 1. The molecule has 0 spiro atoms. The molecule has 7 heteroatoms. The van der Waals surface area contributed by atoms with E-state index in [2.05, 4.69) is 20.8 Å². The first kappa shape index (κ1) is 19.4. The van der Waals surface area contributed by atoms with Gasteiger partial charge in [0.1, 0.15) is 0 Å². The molecule has 0 bridgehead atoms. The normalized spacial score (nSPS) is 25.4. The summed E-state index contributed by atoms with van der Waals surface area (Å²) in [4.78, 5) is 18.2. The fraction of sp³-hybridized carbons (Fsp3) is 0.632.